The highest BCUT2D eigenvalue weighted by Crippen LogP contribution is 2.16. The third-order valence-corrected chi connectivity index (χ3v) is 4.45. The van der Waals surface area contributed by atoms with Crippen molar-refractivity contribution in [2.45, 2.75) is 46.2 Å². The number of hydrogen-bond donors (Lipinski definition) is 1. The van der Waals surface area contributed by atoms with Gasteiger partial charge in [-0.2, -0.15) is 4.98 Å². The van der Waals surface area contributed by atoms with Crippen molar-refractivity contribution in [3.8, 4) is 0 Å². The Bertz CT molecular complexity index is 1000. The van der Waals surface area contributed by atoms with Gasteiger partial charge in [0.25, 0.3) is 5.56 Å². The molecular weight excluding hydrogens is 310 g/mol. The average Bonchev–Trinajstić information content (AvgIpc) is 3.06. The van der Waals surface area contributed by atoms with Gasteiger partial charge in [-0.15, -0.1) is 0 Å². The maximum atomic E-state index is 12.9. The number of aliphatic hydroxyl groups excluding tert-OH is 1. The number of imidazole rings is 2. The minimum Gasteiger partial charge on any atom is -0.395 e. The molecule has 8 heteroatoms. The van der Waals surface area contributed by atoms with E-state index in [9.17, 15) is 14.7 Å². The maximum Gasteiger partial charge on any atom is 0.332 e. The van der Waals surface area contributed by atoms with E-state index in [1.165, 1.54) is 9.13 Å². The van der Waals surface area contributed by atoms with Crippen molar-refractivity contribution in [3.63, 3.8) is 0 Å². The number of unbranched alkanes of at least 4 members (excludes halogenated alkanes) is 2. The Balaban J connectivity index is 2.30. The zero-order valence-corrected chi connectivity index (χ0v) is 14.3. The Kier molecular flexibility index (Phi) is 4.31. The number of rotatable bonds is 6. The van der Waals surface area contributed by atoms with Gasteiger partial charge in [0.15, 0.2) is 11.2 Å². The van der Waals surface area contributed by atoms with Crippen molar-refractivity contribution in [3.05, 3.63) is 32.7 Å². The molecule has 1 N–H and O–H groups in total. The van der Waals surface area contributed by atoms with E-state index >= 15 is 0 Å². The van der Waals surface area contributed by atoms with Gasteiger partial charge < -0.3 is 9.67 Å². The molecule has 0 aliphatic carbocycles. The molecule has 0 spiro atoms. The third kappa shape index (κ3) is 2.37. The fourth-order valence-corrected chi connectivity index (χ4v) is 3.15. The normalized spacial score (nSPS) is 11.8. The van der Waals surface area contributed by atoms with Crippen LogP contribution in [0.5, 0.6) is 0 Å². The number of hydrogen-bond acceptors (Lipinski definition) is 4. The van der Waals surface area contributed by atoms with E-state index in [1.54, 1.807) is 11.4 Å². The Hall–Kier alpha value is -2.35. The Morgan fingerprint density at radius 3 is 2.58 bits per heavy atom. The zero-order valence-electron chi connectivity index (χ0n) is 14.3. The topological polar surface area (TPSA) is 86.5 Å². The molecule has 0 saturated carbocycles. The Morgan fingerprint density at radius 1 is 1.17 bits per heavy atom. The van der Waals surface area contributed by atoms with Gasteiger partial charge in [-0.25, -0.2) is 4.79 Å². The van der Waals surface area contributed by atoms with Crippen LogP contribution in [0.4, 0.5) is 0 Å². The van der Waals surface area contributed by atoms with Crippen molar-refractivity contribution in [2.75, 3.05) is 6.61 Å². The number of aryl methyl sites for hydroxylation is 2. The molecule has 0 bridgehead atoms. The maximum absolute atomic E-state index is 12.9. The number of fused-ring (bicyclic) bond motifs is 3. The van der Waals surface area contributed by atoms with Gasteiger partial charge in [-0.05, 0) is 13.3 Å². The summed E-state index contributed by atoms with van der Waals surface area (Å²) >= 11 is 0. The van der Waals surface area contributed by atoms with Gasteiger partial charge in [-0.3, -0.25) is 18.3 Å². The lowest BCUT2D eigenvalue weighted by Crippen LogP contribution is -2.39. The monoisotopic (exact) mass is 333 g/mol. The molecule has 0 fully saturated rings. The van der Waals surface area contributed by atoms with Crippen LogP contribution in [0.1, 0.15) is 31.9 Å². The van der Waals surface area contributed by atoms with Crippen molar-refractivity contribution < 1.29 is 5.11 Å². The predicted octanol–water partition coefficient (Wildman–Crippen LogP) is 0.640. The summed E-state index contributed by atoms with van der Waals surface area (Å²) in [6.45, 7) is 4.77. The molecule has 8 nitrogen and oxygen atoms in total. The zero-order chi connectivity index (χ0) is 17.4. The fourth-order valence-electron chi connectivity index (χ4n) is 3.15. The van der Waals surface area contributed by atoms with E-state index in [1.807, 2.05) is 17.7 Å². The Labute approximate surface area is 138 Å². The predicted molar refractivity (Wildman–Crippen MR) is 91.5 cm³/mol. The summed E-state index contributed by atoms with van der Waals surface area (Å²) in [5.74, 6) is 0.565. The van der Waals surface area contributed by atoms with Crippen LogP contribution in [0.25, 0.3) is 16.9 Å². The van der Waals surface area contributed by atoms with Crippen LogP contribution in [-0.2, 0) is 20.1 Å². The van der Waals surface area contributed by atoms with Gasteiger partial charge in [0.05, 0.1) is 6.61 Å². The molecular formula is C16H23N5O3. The van der Waals surface area contributed by atoms with Gasteiger partial charge in [0.1, 0.15) is 0 Å². The molecule has 3 aromatic heterocycles. The van der Waals surface area contributed by atoms with Gasteiger partial charge in [0.2, 0.25) is 5.78 Å². The van der Waals surface area contributed by atoms with E-state index in [-0.39, 0.29) is 17.9 Å². The molecule has 130 valence electrons. The largest absolute Gasteiger partial charge is 0.395 e. The molecule has 0 aliphatic heterocycles. The highest BCUT2D eigenvalue weighted by atomic mass is 16.3. The molecule has 24 heavy (non-hydrogen) atoms. The summed E-state index contributed by atoms with van der Waals surface area (Å²) in [7, 11) is 1.64. The van der Waals surface area contributed by atoms with Crippen LogP contribution in [0.2, 0.25) is 0 Å². The van der Waals surface area contributed by atoms with Crippen LogP contribution in [0, 0.1) is 6.92 Å². The molecule has 0 saturated heterocycles. The molecule has 0 atom stereocenters. The van der Waals surface area contributed by atoms with E-state index in [2.05, 4.69) is 11.9 Å². The summed E-state index contributed by atoms with van der Waals surface area (Å²) in [6.07, 6.45) is 4.62. The smallest absolute Gasteiger partial charge is 0.332 e. The second-order valence-corrected chi connectivity index (χ2v) is 6.11. The van der Waals surface area contributed by atoms with E-state index in [0.717, 1.165) is 25.0 Å². The summed E-state index contributed by atoms with van der Waals surface area (Å²) in [6, 6.07) is 0. The fraction of sp³-hybridized carbons (Fsp3) is 0.562. The van der Waals surface area contributed by atoms with Crippen molar-refractivity contribution in [1.82, 2.24) is 23.1 Å². The highest BCUT2D eigenvalue weighted by Gasteiger charge is 2.19. The van der Waals surface area contributed by atoms with E-state index in [0.29, 0.717) is 30.0 Å². The first kappa shape index (κ1) is 16.5. The molecule has 0 aromatic carbocycles. The van der Waals surface area contributed by atoms with Gasteiger partial charge in [0, 0.05) is 32.0 Å². The molecule has 3 rings (SSSR count). The number of aliphatic hydroxyl groups is 1. The van der Waals surface area contributed by atoms with Crippen molar-refractivity contribution in [1.29, 1.82) is 0 Å². The van der Waals surface area contributed by atoms with Crippen LogP contribution in [0.15, 0.2) is 15.8 Å². The van der Waals surface area contributed by atoms with E-state index in [4.69, 9.17) is 0 Å². The molecule has 3 heterocycles. The summed E-state index contributed by atoms with van der Waals surface area (Å²) in [4.78, 5) is 29.9. The third-order valence-electron chi connectivity index (χ3n) is 4.45. The Morgan fingerprint density at radius 2 is 1.92 bits per heavy atom. The van der Waals surface area contributed by atoms with Crippen molar-refractivity contribution in [2.24, 2.45) is 7.05 Å². The molecule has 0 radical (unpaired) electrons. The van der Waals surface area contributed by atoms with Crippen LogP contribution >= 0.6 is 0 Å². The lowest BCUT2D eigenvalue weighted by molar-refractivity contribution is 0.276. The summed E-state index contributed by atoms with van der Waals surface area (Å²) in [5, 5.41) is 9.24. The highest BCUT2D eigenvalue weighted by molar-refractivity contribution is 5.75. The number of aromatic nitrogens is 5. The lowest BCUT2D eigenvalue weighted by atomic mass is 10.2. The van der Waals surface area contributed by atoms with Gasteiger partial charge in [-0.1, -0.05) is 19.8 Å². The number of nitrogens with zero attached hydrogens (tertiary/aromatic N) is 5. The molecule has 0 amide bonds. The van der Waals surface area contributed by atoms with Crippen LogP contribution in [0.3, 0.4) is 0 Å². The quantitative estimate of drug-likeness (QED) is 0.671. The average molecular weight is 333 g/mol. The second kappa shape index (κ2) is 6.27. The standard InChI is InChI=1S/C16H23N5O3/c1-4-5-6-7-20-14(23)12-13(18(3)16(20)24)17-15-19(8-9-22)11(2)10-21(12)15/h10,22H,4-9H2,1-3H3. The SMILES string of the molecule is CCCCCn1c(=O)c2c(nc3n(CCO)c(C)cn23)n(C)c1=O. The first-order chi connectivity index (χ1) is 11.5. The van der Waals surface area contributed by atoms with Crippen LogP contribution < -0.4 is 11.2 Å². The second-order valence-electron chi connectivity index (χ2n) is 6.11. The first-order valence-corrected chi connectivity index (χ1v) is 8.29. The first-order valence-electron chi connectivity index (χ1n) is 8.29. The van der Waals surface area contributed by atoms with Gasteiger partial charge >= 0.3 is 5.69 Å². The lowest BCUT2D eigenvalue weighted by Gasteiger charge is -2.07. The molecule has 0 aliphatic rings. The minimum absolute atomic E-state index is 0.0193. The summed E-state index contributed by atoms with van der Waals surface area (Å²) in [5.41, 5.74) is 1.04. The molecule has 0 unspecified atom stereocenters. The molecule has 3 aromatic rings. The van der Waals surface area contributed by atoms with E-state index < -0.39 is 0 Å². The van der Waals surface area contributed by atoms with Crippen LogP contribution in [-0.4, -0.2) is 34.8 Å². The van der Waals surface area contributed by atoms with Crippen molar-refractivity contribution >= 4 is 16.9 Å². The summed E-state index contributed by atoms with van der Waals surface area (Å²) < 4.78 is 6.28. The minimum atomic E-state index is -0.338.